The summed E-state index contributed by atoms with van der Waals surface area (Å²) in [5, 5.41) is 8.69. The van der Waals surface area contributed by atoms with Crippen molar-refractivity contribution in [3.05, 3.63) is 24.3 Å². The number of ether oxygens (including phenoxy) is 1. The van der Waals surface area contributed by atoms with Crippen molar-refractivity contribution in [2.24, 2.45) is 5.92 Å². The summed E-state index contributed by atoms with van der Waals surface area (Å²) in [6, 6.07) is 5.73. The zero-order chi connectivity index (χ0) is 16.0. The number of carbonyl (C=O) groups excluding carboxylic acids is 1. The largest absolute Gasteiger partial charge is 0.380 e. The Labute approximate surface area is 142 Å². The lowest BCUT2D eigenvalue weighted by molar-refractivity contribution is 0.123. The van der Waals surface area contributed by atoms with Crippen LogP contribution >= 0.6 is 12.4 Å². The average Bonchev–Trinajstić information content (AvgIpc) is 2.73. The predicted molar refractivity (Wildman–Crippen MR) is 91.0 cm³/mol. The molecule has 1 aromatic rings. The van der Waals surface area contributed by atoms with Crippen molar-refractivity contribution in [2.75, 3.05) is 44.4 Å². The summed E-state index contributed by atoms with van der Waals surface area (Å²) in [7, 11) is -3.23. The van der Waals surface area contributed by atoms with E-state index in [0.29, 0.717) is 25.4 Å². The van der Waals surface area contributed by atoms with Crippen LogP contribution in [0.3, 0.4) is 0 Å². The lowest BCUT2D eigenvalue weighted by atomic mass is 10.1. The summed E-state index contributed by atoms with van der Waals surface area (Å²) in [6.45, 7) is 3.46. The van der Waals surface area contributed by atoms with Crippen LogP contribution in [0.25, 0.3) is 0 Å². The van der Waals surface area contributed by atoms with E-state index in [1.807, 2.05) is 0 Å². The van der Waals surface area contributed by atoms with Crippen LogP contribution in [0.1, 0.15) is 0 Å². The SMILES string of the molecule is CS(=O)(=O)c1ccc(NC(=O)NCC2CNCCOC2)cc1.Cl. The van der Waals surface area contributed by atoms with Gasteiger partial charge in [0.1, 0.15) is 0 Å². The Morgan fingerprint density at radius 3 is 2.70 bits per heavy atom. The highest BCUT2D eigenvalue weighted by molar-refractivity contribution is 7.90. The topological polar surface area (TPSA) is 96.5 Å². The molecule has 1 saturated heterocycles. The Morgan fingerprint density at radius 1 is 1.35 bits per heavy atom. The van der Waals surface area contributed by atoms with Crippen LogP contribution in [0.15, 0.2) is 29.2 Å². The first-order valence-electron chi connectivity index (χ1n) is 7.08. The summed E-state index contributed by atoms with van der Waals surface area (Å²) >= 11 is 0. The van der Waals surface area contributed by atoms with Gasteiger partial charge in [-0.05, 0) is 24.3 Å². The molecule has 1 heterocycles. The van der Waals surface area contributed by atoms with Gasteiger partial charge in [0.25, 0.3) is 0 Å². The van der Waals surface area contributed by atoms with E-state index in [1.54, 1.807) is 12.1 Å². The molecule has 130 valence electrons. The van der Waals surface area contributed by atoms with Crippen molar-refractivity contribution < 1.29 is 17.9 Å². The molecule has 9 heteroatoms. The standard InChI is InChI=1S/C14H21N3O4S.ClH/c1-22(19,20)13-4-2-12(3-5-13)17-14(18)16-9-11-8-15-6-7-21-10-11;/h2-5,11,15H,6-10H2,1H3,(H2,16,17,18);1H. The highest BCUT2D eigenvalue weighted by atomic mass is 35.5. The molecule has 0 saturated carbocycles. The molecule has 3 N–H and O–H groups in total. The van der Waals surface area contributed by atoms with Gasteiger partial charge in [0.15, 0.2) is 9.84 Å². The summed E-state index contributed by atoms with van der Waals surface area (Å²) < 4.78 is 28.1. The maximum absolute atomic E-state index is 11.8. The molecule has 1 atom stereocenters. The van der Waals surface area contributed by atoms with Crippen molar-refractivity contribution in [1.82, 2.24) is 10.6 Å². The van der Waals surface area contributed by atoms with E-state index in [4.69, 9.17) is 4.74 Å². The number of sulfone groups is 1. The van der Waals surface area contributed by atoms with E-state index in [0.717, 1.165) is 19.3 Å². The summed E-state index contributed by atoms with van der Waals surface area (Å²) in [5.41, 5.74) is 0.542. The molecule has 23 heavy (non-hydrogen) atoms. The molecule has 2 rings (SSSR count). The zero-order valence-corrected chi connectivity index (χ0v) is 14.5. The minimum absolute atomic E-state index is 0. The Morgan fingerprint density at radius 2 is 2.04 bits per heavy atom. The van der Waals surface area contributed by atoms with Crippen LogP contribution in [-0.4, -0.2) is 53.6 Å². The van der Waals surface area contributed by atoms with Crippen LogP contribution in [0.2, 0.25) is 0 Å². The minimum atomic E-state index is -3.23. The number of urea groups is 1. The molecule has 1 unspecified atom stereocenters. The predicted octanol–water partition coefficient (Wildman–Crippen LogP) is 0.869. The summed E-state index contributed by atoms with van der Waals surface area (Å²) in [5.74, 6) is 0.237. The van der Waals surface area contributed by atoms with Crippen molar-refractivity contribution in [2.45, 2.75) is 4.90 Å². The molecular formula is C14H22ClN3O4S. The molecule has 1 aliphatic rings. The molecule has 0 aliphatic carbocycles. The zero-order valence-electron chi connectivity index (χ0n) is 12.9. The van der Waals surface area contributed by atoms with E-state index in [9.17, 15) is 13.2 Å². The summed E-state index contributed by atoms with van der Waals surface area (Å²) in [6.07, 6.45) is 1.14. The second-order valence-corrected chi connectivity index (χ2v) is 7.29. The maximum Gasteiger partial charge on any atom is 0.319 e. The lowest BCUT2D eigenvalue weighted by Gasteiger charge is -2.15. The second-order valence-electron chi connectivity index (χ2n) is 5.28. The highest BCUT2D eigenvalue weighted by Gasteiger charge is 2.13. The molecular weight excluding hydrogens is 342 g/mol. The van der Waals surface area contributed by atoms with Gasteiger partial charge in [0.2, 0.25) is 0 Å². The van der Waals surface area contributed by atoms with Gasteiger partial charge in [0, 0.05) is 37.5 Å². The van der Waals surface area contributed by atoms with Gasteiger partial charge < -0.3 is 20.7 Å². The van der Waals surface area contributed by atoms with Crippen molar-refractivity contribution in [1.29, 1.82) is 0 Å². The van der Waals surface area contributed by atoms with E-state index in [-0.39, 0.29) is 29.3 Å². The van der Waals surface area contributed by atoms with Crippen LogP contribution in [-0.2, 0) is 14.6 Å². The first kappa shape index (κ1) is 19.7. The van der Waals surface area contributed by atoms with Gasteiger partial charge in [-0.3, -0.25) is 0 Å². The molecule has 0 radical (unpaired) electrons. The normalized spacial score (nSPS) is 18.4. The molecule has 2 amide bonds. The number of hydrogen-bond donors (Lipinski definition) is 3. The van der Waals surface area contributed by atoms with E-state index < -0.39 is 9.84 Å². The van der Waals surface area contributed by atoms with Gasteiger partial charge in [-0.25, -0.2) is 13.2 Å². The van der Waals surface area contributed by atoms with Crippen LogP contribution < -0.4 is 16.0 Å². The highest BCUT2D eigenvalue weighted by Crippen LogP contribution is 2.13. The van der Waals surface area contributed by atoms with Crippen molar-refractivity contribution in [3.63, 3.8) is 0 Å². The number of rotatable bonds is 4. The fraction of sp³-hybridized carbons (Fsp3) is 0.500. The average molecular weight is 364 g/mol. The van der Waals surface area contributed by atoms with Crippen LogP contribution in [0.5, 0.6) is 0 Å². The second kappa shape index (κ2) is 9.07. The Bertz CT molecular complexity index is 599. The quantitative estimate of drug-likeness (QED) is 0.737. The molecule has 0 bridgehead atoms. The summed E-state index contributed by atoms with van der Waals surface area (Å²) in [4.78, 5) is 12.0. The van der Waals surface area contributed by atoms with E-state index in [1.165, 1.54) is 12.1 Å². The molecule has 0 spiro atoms. The first-order valence-corrected chi connectivity index (χ1v) is 8.98. The molecule has 0 aromatic heterocycles. The van der Waals surface area contributed by atoms with Crippen molar-refractivity contribution in [3.8, 4) is 0 Å². The third-order valence-corrected chi connectivity index (χ3v) is 4.43. The van der Waals surface area contributed by atoms with Gasteiger partial charge in [0.05, 0.1) is 18.1 Å². The van der Waals surface area contributed by atoms with Gasteiger partial charge >= 0.3 is 6.03 Å². The smallest absolute Gasteiger partial charge is 0.319 e. The van der Waals surface area contributed by atoms with E-state index in [2.05, 4.69) is 16.0 Å². The minimum Gasteiger partial charge on any atom is -0.380 e. The number of hydrogen-bond acceptors (Lipinski definition) is 5. The third-order valence-electron chi connectivity index (χ3n) is 3.30. The lowest BCUT2D eigenvalue weighted by Crippen LogP contribution is -2.37. The molecule has 7 nitrogen and oxygen atoms in total. The Kier molecular flexibility index (Phi) is 7.77. The van der Waals surface area contributed by atoms with Crippen LogP contribution in [0.4, 0.5) is 10.5 Å². The number of benzene rings is 1. The molecule has 1 aliphatic heterocycles. The molecule has 1 fully saturated rings. The number of halogens is 1. The van der Waals surface area contributed by atoms with Crippen LogP contribution in [0, 0.1) is 5.92 Å². The van der Waals surface area contributed by atoms with E-state index >= 15 is 0 Å². The van der Waals surface area contributed by atoms with Crippen molar-refractivity contribution >= 4 is 34.0 Å². The number of nitrogens with one attached hydrogen (secondary N) is 3. The Balaban J connectivity index is 0.00000264. The molecule has 1 aromatic carbocycles. The first-order chi connectivity index (χ1) is 10.4. The number of amides is 2. The fourth-order valence-electron chi connectivity index (χ4n) is 2.09. The number of anilines is 1. The van der Waals surface area contributed by atoms with Gasteiger partial charge in [-0.1, -0.05) is 0 Å². The Hall–Kier alpha value is -1.35. The number of carbonyl (C=O) groups is 1. The monoisotopic (exact) mass is 363 g/mol. The fourth-order valence-corrected chi connectivity index (χ4v) is 2.72. The third kappa shape index (κ3) is 6.74. The maximum atomic E-state index is 11.8. The van der Waals surface area contributed by atoms with Gasteiger partial charge in [-0.15, -0.1) is 12.4 Å². The van der Waals surface area contributed by atoms with Gasteiger partial charge in [-0.2, -0.15) is 0 Å².